The zero-order chi connectivity index (χ0) is 19.0. The minimum Gasteiger partial charge on any atom is -0.408 e. The van der Waals surface area contributed by atoms with Crippen molar-refractivity contribution in [3.05, 3.63) is 70.0 Å². The molecule has 2 aromatic carbocycles. The number of halogens is 1. The van der Waals surface area contributed by atoms with Gasteiger partial charge in [-0.2, -0.15) is 0 Å². The Labute approximate surface area is 156 Å². The fourth-order valence-corrected chi connectivity index (χ4v) is 3.51. The molecular weight excluding hydrogens is 347 g/mol. The van der Waals surface area contributed by atoms with Crippen LogP contribution in [0.3, 0.4) is 0 Å². The van der Waals surface area contributed by atoms with E-state index in [1.54, 1.807) is 30.3 Å². The molecule has 1 aliphatic rings. The molecule has 27 heavy (non-hydrogen) atoms. The molecule has 0 aliphatic carbocycles. The maximum absolute atomic E-state index is 13.1. The lowest BCUT2D eigenvalue weighted by Gasteiger charge is -2.30. The summed E-state index contributed by atoms with van der Waals surface area (Å²) in [5, 5.41) is 0. The Kier molecular flexibility index (Phi) is 4.56. The van der Waals surface area contributed by atoms with Gasteiger partial charge in [0.2, 0.25) is 0 Å². The van der Waals surface area contributed by atoms with Crippen LogP contribution in [0.4, 0.5) is 4.39 Å². The smallest absolute Gasteiger partial charge is 0.408 e. The van der Waals surface area contributed by atoms with Crippen LogP contribution < -0.4 is 5.76 Å². The summed E-state index contributed by atoms with van der Waals surface area (Å²) >= 11 is 0. The normalized spacial score (nSPS) is 15.4. The third kappa shape index (κ3) is 3.52. The summed E-state index contributed by atoms with van der Waals surface area (Å²) in [6, 6.07) is 11.1. The number of hydrogen-bond acceptors (Lipinski definition) is 3. The van der Waals surface area contributed by atoms with Crippen molar-refractivity contribution in [1.29, 1.82) is 0 Å². The summed E-state index contributed by atoms with van der Waals surface area (Å²) in [5.41, 5.74) is 2.33. The number of hydrogen-bond donors (Lipinski definition) is 0. The molecule has 0 N–H and O–H groups in total. The van der Waals surface area contributed by atoms with Crippen LogP contribution in [-0.2, 0) is 6.54 Å². The first-order valence-electron chi connectivity index (χ1n) is 9.18. The second-order valence-corrected chi connectivity index (χ2v) is 7.24. The third-order valence-corrected chi connectivity index (χ3v) is 5.24. The molecule has 0 atom stereocenters. The van der Waals surface area contributed by atoms with Gasteiger partial charge in [-0.3, -0.25) is 9.36 Å². The fourth-order valence-electron chi connectivity index (χ4n) is 3.51. The number of fused-ring (bicyclic) bond motifs is 1. The van der Waals surface area contributed by atoms with Crippen molar-refractivity contribution in [2.45, 2.75) is 26.3 Å². The van der Waals surface area contributed by atoms with E-state index in [2.05, 4.69) is 6.92 Å². The van der Waals surface area contributed by atoms with Crippen molar-refractivity contribution < 1.29 is 13.6 Å². The van der Waals surface area contributed by atoms with Crippen molar-refractivity contribution in [3.8, 4) is 0 Å². The van der Waals surface area contributed by atoms with Gasteiger partial charge in [0, 0.05) is 18.7 Å². The van der Waals surface area contributed by atoms with E-state index in [1.165, 1.54) is 16.7 Å². The number of oxazole rings is 1. The summed E-state index contributed by atoms with van der Waals surface area (Å²) in [4.78, 5) is 27.0. The second-order valence-electron chi connectivity index (χ2n) is 7.24. The Balaban J connectivity index is 1.66. The first-order chi connectivity index (χ1) is 13.0. The molecule has 0 saturated carbocycles. The highest BCUT2D eigenvalue weighted by molar-refractivity contribution is 5.97. The van der Waals surface area contributed by atoms with Crippen LogP contribution in [0.25, 0.3) is 11.1 Å². The van der Waals surface area contributed by atoms with Gasteiger partial charge in [0.25, 0.3) is 5.91 Å². The first kappa shape index (κ1) is 17.5. The van der Waals surface area contributed by atoms with Crippen LogP contribution in [0.15, 0.2) is 51.7 Å². The van der Waals surface area contributed by atoms with E-state index in [4.69, 9.17) is 4.42 Å². The number of likely N-dealkylation sites (tertiary alicyclic amines) is 1. The van der Waals surface area contributed by atoms with Crippen molar-refractivity contribution in [2.75, 3.05) is 13.1 Å². The topological polar surface area (TPSA) is 55.5 Å². The zero-order valence-electron chi connectivity index (χ0n) is 15.2. The van der Waals surface area contributed by atoms with E-state index in [1.807, 2.05) is 4.90 Å². The molecule has 4 rings (SSSR count). The van der Waals surface area contributed by atoms with Gasteiger partial charge >= 0.3 is 5.76 Å². The molecule has 1 aromatic heterocycles. The average Bonchev–Trinajstić information content (AvgIpc) is 2.98. The summed E-state index contributed by atoms with van der Waals surface area (Å²) in [5.74, 6) is -0.199. The molecule has 0 spiro atoms. The molecule has 0 unspecified atom stereocenters. The minimum absolute atomic E-state index is 0.0224. The number of carbonyl (C=O) groups excluding carboxylic acids is 1. The maximum Gasteiger partial charge on any atom is 0.420 e. The highest BCUT2D eigenvalue weighted by Gasteiger charge is 2.22. The maximum atomic E-state index is 13.1. The van der Waals surface area contributed by atoms with Crippen LogP contribution in [0, 0.1) is 11.7 Å². The number of amides is 1. The van der Waals surface area contributed by atoms with Gasteiger partial charge in [0.1, 0.15) is 5.82 Å². The Morgan fingerprint density at radius 1 is 1.15 bits per heavy atom. The van der Waals surface area contributed by atoms with E-state index in [0.717, 1.165) is 31.5 Å². The highest BCUT2D eigenvalue weighted by atomic mass is 19.1. The van der Waals surface area contributed by atoms with Crippen LogP contribution in [0.2, 0.25) is 0 Å². The molecule has 1 saturated heterocycles. The van der Waals surface area contributed by atoms with E-state index in [9.17, 15) is 14.0 Å². The molecule has 1 aliphatic heterocycles. The van der Waals surface area contributed by atoms with Gasteiger partial charge in [-0.1, -0.05) is 19.1 Å². The number of piperidine rings is 1. The van der Waals surface area contributed by atoms with Gasteiger partial charge < -0.3 is 9.32 Å². The molecule has 5 nitrogen and oxygen atoms in total. The lowest BCUT2D eigenvalue weighted by atomic mass is 9.98. The Bertz CT molecular complexity index is 1030. The zero-order valence-corrected chi connectivity index (χ0v) is 15.2. The summed E-state index contributed by atoms with van der Waals surface area (Å²) in [6.45, 7) is 3.97. The van der Waals surface area contributed by atoms with Crippen LogP contribution in [0.5, 0.6) is 0 Å². The molecular formula is C21H21FN2O3. The molecule has 0 radical (unpaired) electrons. The molecule has 0 bridgehead atoms. The van der Waals surface area contributed by atoms with E-state index in [-0.39, 0.29) is 18.3 Å². The summed E-state index contributed by atoms with van der Waals surface area (Å²) in [7, 11) is 0. The van der Waals surface area contributed by atoms with Crippen LogP contribution in [0.1, 0.15) is 35.7 Å². The SMILES string of the molecule is CC1CCN(C(=O)c2ccc3oc(=O)n(Cc4ccc(F)cc4)c3c2)CC1. The highest BCUT2D eigenvalue weighted by Crippen LogP contribution is 2.21. The van der Waals surface area contributed by atoms with E-state index < -0.39 is 5.76 Å². The number of nitrogens with zero attached hydrogens (tertiary/aromatic N) is 2. The third-order valence-electron chi connectivity index (χ3n) is 5.24. The van der Waals surface area contributed by atoms with Crippen molar-refractivity contribution in [3.63, 3.8) is 0 Å². The number of carbonyl (C=O) groups is 1. The van der Waals surface area contributed by atoms with Gasteiger partial charge in [-0.15, -0.1) is 0 Å². The Hall–Kier alpha value is -2.89. The van der Waals surface area contributed by atoms with Crippen LogP contribution in [-0.4, -0.2) is 28.5 Å². The van der Waals surface area contributed by atoms with Crippen molar-refractivity contribution in [2.24, 2.45) is 5.92 Å². The molecule has 6 heteroatoms. The van der Waals surface area contributed by atoms with Crippen molar-refractivity contribution in [1.82, 2.24) is 9.47 Å². The van der Waals surface area contributed by atoms with Gasteiger partial charge in [0.05, 0.1) is 12.1 Å². The standard InChI is InChI=1S/C21H21FN2O3/c1-14-8-10-23(11-9-14)20(25)16-4-7-19-18(12-16)24(21(26)27-19)13-15-2-5-17(22)6-3-15/h2-7,12,14H,8-11,13H2,1H3. The lowest BCUT2D eigenvalue weighted by Crippen LogP contribution is -2.37. The predicted octanol–water partition coefficient (Wildman–Crippen LogP) is 3.65. The average molecular weight is 368 g/mol. The molecule has 3 aromatic rings. The molecule has 140 valence electrons. The van der Waals surface area contributed by atoms with Gasteiger partial charge in [-0.05, 0) is 54.7 Å². The molecule has 1 amide bonds. The molecule has 2 heterocycles. The van der Waals surface area contributed by atoms with Gasteiger partial charge in [0.15, 0.2) is 5.58 Å². The number of benzene rings is 2. The van der Waals surface area contributed by atoms with Crippen LogP contribution >= 0.6 is 0 Å². The predicted molar refractivity (Wildman–Crippen MR) is 100 cm³/mol. The second kappa shape index (κ2) is 7.02. The van der Waals surface area contributed by atoms with E-state index in [0.29, 0.717) is 22.6 Å². The minimum atomic E-state index is -0.495. The Morgan fingerprint density at radius 3 is 2.56 bits per heavy atom. The first-order valence-corrected chi connectivity index (χ1v) is 9.18. The van der Waals surface area contributed by atoms with Gasteiger partial charge in [-0.25, -0.2) is 9.18 Å². The summed E-state index contributed by atoms with van der Waals surface area (Å²) < 4.78 is 19.9. The largest absolute Gasteiger partial charge is 0.420 e. The lowest BCUT2D eigenvalue weighted by molar-refractivity contribution is 0.0697. The monoisotopic (exact) mass is 368 g/mol. The molecule has 1 fully saturated rings. The summed E-state index contributed by atoms with van der Waals surface area (Å²) in [6.07, 6.45) is 2.02. The van der Waals surface area contributed by atoms with Crippen molar-refractivity contribution >= 4 is 17.0 Å². The number of aromatic nitrogens is 1. The number of rotatable bonds is 3. The fraction of sp³-hybridized carbons (Fsp3) is 0.333. The van der Waals surface area contributed by atoms with E-state index >= 15 is 0 Å². The Morgan fingerprint density at radius 2 is 1.85 bits per heavy atom. The quantitative estimate of drug-likeness (QED) is 0.709.